The van der Waals surface area contributed by atoms with Crippen LogP contribution in [0, 0.1) is 11.8 Å². The fourth-order valence-electron chi connectivity index (χ4n) is 3.26. The minimum atomic E-state index is -0.237. The fourth-order valence-corrected chi connectivity index (χ4v) is 3.26. The van der Waals surface area contributed by atoms with Crippen molar-refractivity contribution in [1.29, 1.82) is 0 Å². The van der Waals surface area contributed by atoms with E-state index in [1.165, 1.54) is 0 Å². The zero-order chi connectivity index (χ0) is 12.7. The number of nitrogens with two attached hydrogens (primary N) is 1. The second-order valence-electron chi connectivity index (χ2n) is 5.40. The number of carbonyl (C=O) groups excluding carboxylic acids is 2. The number of amides is 2. The molecule has 3 fully saturated rings. The van der Waals surface area contributed by atoms with Crippen molar-refractivity contribution < 1.29 is 14.3 Å². The largest absolute Gasteiger partial charge is 0.379 e. The zero-order valence-corrected chi connectivity index (χ0v) is 10.3. The summed E-state index contributed by atoms with van der Waals surface area (Å²) >= 11 is 0. The Morgan fingerprint density at radius 3 is 3.00 bits per heavy atom. The number of nitrogens with one attached hydrogen (secondary N) is 1. The molecule has 0 saturated carbocycles. The third-order valence-corrected chi connectivity index (χ3v) is 4.33. The Morgan fingerprint density at radius 1 is 1.44 bits per heavy atom. The van der Waals surface area contributed by atoms with Gasteiger partial charge in [-0.2, -0.15) is 0 Å². The molecule has 0 radical (unpaired) electrons. The molecule has 0 aliphatic carbocycles. The number of hydrogen-bond donors (Lipinski definition) is 2. The summed E-state index contributed by atoms with van der Waals surface area (Å²) in [5, 5.41) is 2.85. The van der Waals surface area contributed by atoms with Crippen LogP contribution in [0.25, 0.3) is 0 Å². The molecule has 3 N–H and O–H groups in total. The minimum absolute atomic E-state index is 0.0200. The molecule has 6 heteroatoms. The number of ether oxygens (including phenoxy) is 1. The molecule has 18 heavy (non-hydrogen) atoms. The van der Waals surface area contributed by atoms with Crippen LogP contribution in [-0.2, 0) is 14.3 Å². The summed E-state index contributed by atoms with van der Waals surface area (Å²) in [6, 6.07) is -0.186. The van der Waals surface area contributed by atoms with E-state index >= 15 is 0 Å². The van der Waals surface area contributed by atoms with Gasteiger partial charge in [-0.25, -0.2) is 0 Å². The van der Waals surface area contributed by atoms with Crippen molar-refractivity contribution in [2.45, 2.75) is 24.9 Å². The maximum absolute atomic E-state index is 12.5. The van der Waals surface area contributed by atoms with E-state index in [4.69, 9.17) is 10.5 Å². The van der Waals surface area contributed by atoms with Crippen molar-refractivity contribution in [2.24, 2.45) is 17.6 Å². The van der Waals surface area contributed by atoms with E-state index in [-0.39, 0.29) is 35.7 Å². The topological polar surface area (TPSA) is 84.7 Å². The predicted octanol–water partition coefficient (Wildman–Crippen LogP) is -1.30. The summed E-state index contributed by atoms with van der Waals surface area (Å²) < 4.78 is 5.26. The molecule has 3 saturated heterocycles. The van der Waals surface area contributed by atoms with Crippen LogP contribution in [0.5, 0.6) is 0 Å². The number of piperidine rings is 1. The van der Waals surface area contributed by atoms with E-state index in [1.54, 1.807) is 0 Å². The third kappa shape index (κ3) is 1.80. The summed E-state index contributed by atoms with van der Waals surface area (Å²) in [5.74, 6) is -0.114. The molecule has 0 spiro atoms. The second-order valence-corrected chi connectivity index (χ2v) is 5.40. The van der Waals surface area contributed by atoms with Gasteiger partial charge in [-0.3, -0.25) is 9.59 Å². The first-order chi connectivity index (χ1) is 8.68. The lowest BCUT2D eigenvalue weighted by atomic mass is 9.89. The van der Waals surface area contributed by atoms with E-state index in [2.05, 4.69) is 5.32 Å². The highest BCUT2D eigenvalue weighted by Crippen LogP contribution is 2.29. The lowest BCUT2D eigenvalue weighted by Crippen LogP contribution is -2.53. The van der Waals surface area contributed by atoms with Crippen molar-refractivity contribution in [2.75, 3.05) is 26.3 Å². The lowest BCUT2D eigenvalue weighted by Gasteiger charge is -2.37. The molecule has 3 aliphatic heterocycles. The SMILES string of the molecule is NC1COCC1C(=O)N1CCCC2C(=O)NCC21. The molecule has 0 bridgehead atoms. The molecular formula is C12H19N3O3. The molecular weight excluding hydrogens is 234 g/mol. The molecule has 100 valence electrons. The predicted molar refractivity (Wildman–Crippen MR) is 63.5 cm³/mol. The Labute approximate surface area is 106 Å². The quantitative estimate of drug-likeness (QED) is 0.608. The first kappa shape index (κ1) is 11.9. The molecule has 3 heterocycles. The zero-order valence-electron chi connectivity index (χ0n) is 10.3. The Balaban J connectivity index is 1.75. The maximum atomic E-state index is 12.5. The summed E-state index contributed by atoms with van der Waals surface area (Å²) in [6.07, 6.45) is 1.77. The highest BCUT2D eigenvalue weighted by molar-refractivity contribution is 5.85. The fraction of sp³-hybridized carbons (Fsp3) is 0.833. The molecule has 4 unspecified atom stereocenters. The molecule has 4 atom stereocenters. The maximum Gasteiger partial charge on any atom is 0.230 e. The summed E-state index contributed by atoms with van der Waals surface area (Å²) in [4.78, 5) is 26.0. The van der Waals surface area contributed by atoms with Gasteiger partial charge in [0.05, 0.1) is 31.1 Å². The first-order valence-electron chi connectivity index (χ1n) is 6.60. The Morgan fingerprint density at radius 2 is 2.28 bits per heavy atom. The van der Waals surface area contributed by atoms with Crippen LogP contribution < -0.4 is 11.1 Å². The van der Waals surface area contributed by atoms with Crippen LogP contribution >= 0.6 is 0 Å². The highest BCUT2D eigenvalue weighted by Gasteiger charge is 2.45. The van der Waals surface area contributed by atoms with Crippen molar-refractivity contribution in [3.05, 3.63) is 0 Å². The molecule has 0 aromatic rings. The molecule has 3 rings (SSSR count). The van der Waals surface area contributed by atoms with Gasteiger partial charge < -0.3 is 20.7 Å². The van der Waals surface area contributed by atoms with Crippen LogP contribution in [0.4, 0.5) is 0 Å². The Bertz CT molecular complexity index is 374. The van der Waals surface area contributed by atoms with Gasteiger partial charge in [0.2, 0.25) is 11.8 Å². The third-order valence-electron chi connectivity index (χ3n) is 4.33. The van der Waals surface area contributed by atoms with E-state index in [0.717, 1.165) is 19.4 Å². The van der Waals surface area contributed by atoms with Gasteiger partial charge in [0, 0.05) is 19.1 Å². The summed E-state index contributed by atoms with van der Waals surface area (Å²) in [5.41, 5.74) is 5.90. The number of nitrogens with zero attached hydrogens (tertiary/aromatic N) is 1. The van der Waals surface area contributed by atoms with Gasteiger partial charge in [-0.1, -0.05) is 0 Å². The van der Waals surface area contributed by atoms with Crippen molar-refractivity contribution in [3.63, 3.8) is 0 Å². The monoisotopic (exact) mass is 253 g/mol. The number of carbonyl (C=O) groups is 2. The van der Waals surface area contributed by atoms with E-state index in [9.17, 15) is 9.59 Å². The van der Waals surface area contributed by atoms with Gasteiger partial charge >= 0.3 is 0 Å². The number of rotatable bonds is 1. The van der Waals surface area contributed by atoms with Gasteiger partial charge in [0.1, 0.15) is 0 Å². The number of hydrogen-bond acceptors (Lipinski definition) is 4. The van der Waals surface area contributed by atoms with Crippen molar-refractivity contribution in [3.8, 4) is 0 Å². The minimum Gasteiger partial charge on any atom is -0.379 e. The van der Waals surface area contributed by atoms with Crippen LogP contribution in [0.2, 0.25) is 0 Å². The number of likely N-dealkylation sites (tertiary alicyclic amines) is 1. The van der Waals surface area contributed by atoms with Crippen LogP contribution in [0.15, 0.2) is 0 Å². The average molecular weight is 253 g/mol. The van der Waals surface area contributed by atoms with Crippen molar-refractivity contribution in [1.82, 2.24) is 10.2 Å². The van der Waals surface area contributed by atoms with Crippen LogP contribution in [-0.4, -0.2) is 55.1 Å². The van der Waals surface area contributed by atoms with E-state index in [0.29, 0.717) is 19.8 Å². The molecule has 2 amide bonds. The van der Waals surface area contributed by atoms with Gasteiger partial charge in [-0.05, 0) is 12.8 Å². The Hall–Kier alpha value is -1.14. The first-order valence-corrected chi connectivity index (χ1v) is 6.60. The second kappa shape index (κ2) is 4.51. The summed E-state index contributed by atoms with van der Waals surface area (Å²) in [7, 11) is 0. The van der Waals surface area contributed by atoms with Crippen LogP contribution in [0.1, 0.15) is 12.8 Å². The van der Waals surface area contributed by atoms with Gasteiger partial charge in [0.15, 0.2) is 0 Å². The van der Waals surface area contributed by atoms with E-state index < -0.39 is 0 Å². The summed E-state index contributed by atoms with van der Waals surface area (Å²) in [6.45, 7) is 2.18. The highest BCUT2D eigenvalue weighted by atomic mass is 16.5. The van der Waals surface area contributed by atoms with E-state index in [1.807, 2.05) is 4.90 Å². The molecule has 0 aromatic heterocycles. The molecule has 0 aromatic carbocycles. The molecule has 3 aliphatic rings. The van der Waals surface area contributed by atoms with Crippen LogP contribution in [0.3, 0.4) is 0 Å². The van der Waals surface area contributed by atoms with Gasteiger partial charge in [-0.15, -0.1) is 0 Å². The smallest absolute Gasteiger partial charge is 0.230 e. The van der Waals surface area contributed by atoms with Crippen molar-refractivity contribution >= 4 is 11.8 Å². The van der Waals surface area contributed by atoms with Gasteiger partial charge in [0.25, 0.3) is 0 Å². The number of fused-ring (bicyclic) bond motifs is 1. The normalized spacial score (nSPS) is 39.6. The lowest BCUT2D eigenvalue weighted by molar-refractivity contribution is -0.141. The molecule has 6 nitrogen and oxygen atoms in total. The Kier molecular flexibility index (Phi) is 2.99. The average Bonchev–Trinajstić information content (AvgIpc) is 2.95. The standard InChI is InChI=1S/C12H19N3O3/c13-9-6-18-5-8(9)12(17)15-3-1-2-7-10(15)4-14-11(7)16/h7-10H,1-6,13H2,(H,14,16).